The Morgan fingerprint density at radius 1 is 1.19 bits per heavy atom. The maximum Gasteiger partial charge on any atom is 0.336 e. The molecule has 6 nitrogen and oxygen atoms in total. The SMILES string of the molecule is Cc1ccc(C)c(C(=O)NCc2ccn(C)n2)c1C(=O)O. The fourth-order valence-corrected chi connectivity index (χ4v) is 2.20. The van der Waals surface area contributed by atoms with Crippen LogP contribution >= 0.6 is 0 Å². The Morgan fingerprint density at radius 2 is 1.81 bits per heavy atom. The van der Waals surface area contributed by atoms with Crippen LogP contribution in [0, 0.1) is 13.8 Å². The lowest BCUT2D eigenvalue weighted by molar-refractivity contribution is 0.0690. The van der Waals surface area contributed by atoms with E-state index in [4.69, 9.17) is 0 Å². The van der Waals surface area contributed by atoms with Gasteiger partial charge in [-0.05, 0) is 31.0 Å². The zero-order valence-electron chi connectivity index (χ0n) is 12.2. The second-order valence-electron chi connectivity index (χ2n) is 4.92. The third-order valence-electron chi connectivity index (χ3n) is 3.26. The molecule has 1 amide bonds. The molecule has 0 fully saturated rings. The van der Waals surface area contributed by atoms with Crippen LogP contribution in [0.1, 0.15) is 37.5 Å². The molecule has 0 saturated heterocycles. The predicted molar refractivity (Wildman–Crippen MR) is 77.3 cm³/mol. The highest BCUT2D eigenvalue weighted by Gasteiger charge is 2.21. The van der Waals surface area contributed by atoms with Crippen molar-refractivity contribution in [1.29, 1.82) is 0 Å². The highest BCUT2D eigenvalue weighted by Crippen LogP contribution is 2.19. The monoisotopic (exact) mass is 287 g/mol. The van der Waals surface area contributed by atoms with Crippen LogP contribution in [0.4, 0.5) is 0 Å². The number of carboxylic acids is 1. The Kier molecular flexibility index (Phi) is 4.07. The van der Waals surface area contributed by atoms with Crippen molar-refractivity contribution in [2.75, 3.05) is 0 Å². The molecule has 21 heavy (non-hydrogen) atoms. The molecule has 1 aromatic heterocycles. The molecule has 0 radical (unpaired) electrons. The number of nitrogens with zero attached hydrogens (tertiary/aromatic N) is 2. The molecule has 0 atom stereocenters. The first kappa shape index (κ1) is 14.8. The molecule has 1 heterocycles. The number of benzene rings is 1. The fraction of sp³-hybridized carbons (Fsp3) is 0.267. The molecule has 0 saturated carbocycles. The average Bonchev–Trinajstić information content (AvgIpc) is 2.83. The van der Waals surface area contributed by atoms with Crippen molar-refractivity contribution in [2.45, 2.75) is 20.4 Å². The summed E-state index contributed by atoms with van der Waals surface area (Å²) >= 11 is 0. The fourth-order valence-electron chi connectivity index (χ4n) is 2.20. The summed E-state index contributed by atoms with van der Waals surface area (Å²) in [6.07, 6.45) is 1.78. The third kappa shape index (κ3) is 3.10. The number of aromatic nitrogens is 2. The minimum Gasteiger partial charge on any atom is -0.478 e. The summed E-state index contributed by atoms with van der Waals surface area (Å²) in [5.74, 6) is -1.50. The highest BCUT2D eigenvalue weighted by atomic mass is 16.4. The van der Waals surface area contributed by atoms with E-state index in [1.54, 1.807) is 50.0 Å². The average molecular weight is 287 g/mol. The summed E-state index contributed by atoms with van der Waals surface area (Å²) < 4.78 is 1.64. The van der Waals surface area contributed by atoms with E-state index in [1.165, 1.54) is 0 Å². The number of nitrogens with one attached hydrogen (secondary N) is 1. The summed E-state index contributed by atoms with van der Waals surface area (Å²) in [6, 6.07) is 5.24. The van der Waals surface area contributed by atoms with Crippen molar-refractivity contribution in [3.63, 3.8) is 0 Å². The number of amides is 1. The summed E-state index contributed by atoms with van der Waals surface area (Å²) in [7, 11) is 1.79. The Balaban J connectivity index is 2.26. The number of hydrogen-bond donors (Lipinski definition) is 2. The standard InChI is InChI=1S/C15H17N3O3/c1-9-4-5-10(2)13(15(20)21)12(9)14(19)16-8-11-6-7-18(3)17-11/h4-7H,8H2,1-3H3,(H,16,19)(H,20,21). The largest absolute Gasteiger partial charge is 0.478 e. The first-order chi connectivity index (χ1) is 9.90. The van der Waals surface area contributed by atoms with E-state index in [0.717, 1.165) is 0 Å². The van der Waals surface area contributed by atoms with Crippen molar-refractivity contribution >= 4 is 11.9 Å². The van der Waals surface area contributed by atoms with Crippen LogP contribution in [0.5, 0.6) is 0 Å². The minimum atomic E-state index is -1.10. The van der Waals surface area contributed by atoms with Crippen molar-refractivity contribution in [2.24, 2.45) is 7.05 Å². The molecular formula is C15H17N3O3. The van der Waals surface area contributed by atoms with Gasteiger partial charge in [-0.25, -0.2) is 4.79 Å². The topological polar surface area (TPSA) is 84.2 Å². The van der Waals surface area contributed by atoms with Gasteiger partial charge >= 0.3 is 5.97 Å². The second-order valence-corrected chi connectivity index (χ2v) is 4.92. The van der Waals surface area contributed by atoms with Crippen LogP contribution in [0.3, 0.4) is 0 Å². The number of rotatable bonds is 4. The molecule has 0 bridgehead atoms. The van der Waals surface area contributed by atoms with Crippen molar-refractivity contribution in [1.82, 2.24) is 15.1 Å². The summed E-state index contributed by atoms with van der Waals surface area (Å²) in [5, 5.41) is 16.2. The number of carbonyl (C=O) groups is 2. The van der Waals surface area contributed by atoms with Gasteiger partial charge in [0.25, 0.3) is 5.91 Å². The predicted octanol–water partition coefficient (Wildman–Crippen LogP) is 1.67. The Labute approximate surface area is 122 Å². The van der Waals surface area contributed by atoms with Crippen molar-refractivity contribution < 1.29 is 14.7 Å². The lowest BCUT2D eigenvalue weighted by Gasteiger charge is -2.12. The maximum atomic E-state index is 12.3. The Morgan fingerprint density at radius 3 is 2.33 bits per heavy atom. The zero-order chi connectivity index (χ0) is 15.6. The Bertz CT molecular complexity index is 704. The summed E-state index contributed by atoms with van der Waals surface area (Å²) in [4.78, 5) is 23.7. The molecule has 2 N–H and O–H groups in total. The summed E-state index contributed by atoms with van der Waals surface area (Å²) in [6.45, 7) is 3.66. The van der Waals surface area contributed by atoms with E-state index in [9.17, 15) is 14.7 Å². The number of hydrogen-bond acceptors (Lipinski definition) is 3. The lowest BCUT2D eigenvalue weighted by atomic mass is 9.96. The molecule has 0 unspecified atom stereocenters. The van der Waals surface area contributed by atoms with E-state index >= 15 is 0 Å². The van der Waals surface area contributed by atoms with Crippen LogP contribution in [0.2, 0.25) is 0 Å². The van der Waals surface area contributed by atoms with Crippen LogP contribution in [0.15, 0.2) is 24.4 Å². The van der Waals surface area contributed by atoms with Gasteiger partial charge in [-0.15, -0.1) is 0 Å². The number of aryl methyl sites for hydroxylation is 3. The molecule has 0 aliphatic rings. The van der Waals surface area contributed by atoms with Crippen LogP contribution in [-0.2, 0) is 13.6 Å². The molecular weight excluding hydrogens is 270 g/mol. The van der Waals surface area contributed by atoms with Gasteiger partial charge in [-0.3, -0.25) is 9.48 Å². The number of aromatic carboxylic acids is 1. The molecule has 2 rings (SSSR count). The van der Waals surface area contributed by atoms with E-state index < -0.39 is 11.9 Å². The van der Waals surface area contributed by atoms with Gasteiger partial charge in [0.1, 0.15) is 0 Å². The van der Waals surface area contributed by atoms with E-state index in [1.807, 2.05) is 0 Å². The highest BCUT2D eigenvalue weighted by molar-refractivity contribution is 6.06. The molecule has 0 spiro atoms. The number of carbonyl (C=O) groups excluding carboxylic acids is 1. The molecule has 1 aromatic carbocycles. The molecule has 0 aliphatic heterocycles. The normalized spacial score (nSPS) is 10.4. The summed E-state index contributed by atoms with van der Waals surface area (Å²) in [5.41, 5.74) is 2.17. The van der Waals surface area contributed by atoms with Crippen molar-refractivity contribution in [3.05, 3.63) is 52.3 Å². The van der Waals surface area contributed by atoms with Crippen LogP contribution < -0.4 is 5.32 Å². The molecule has 2 aromatic rings. The van der Waals surface area contributed by atoms with Crippen LogP contribution in [-0.4, -0.2) is 26.8 Å². The molecule has 0 aliphatic carbocycles. The molecule has 6 heteroatoms. The maximum absolute atomic E-state index is 12.3. The van der Waals surface area contributed by atoms with Gasteiger partial charge in [0, 0.05) is 13.2 Å². The second kappa shape index (κ2) is 5.78. The number of carboxylic acid groups (broad SMARTS) is 1. The van der Waals surface area contributed by atoms with Gasteiger partial charge in [-0.2, -0.15) is 5.10 Å². The van der Waals surface area contributed by atoms with Gasteiger partial charge in [-0.1, -0.05) is 12.1 Å². The minimum absolute atomic E-state index is 0.0496. The van der Waals surface area contributed by atoms with Crippen molar-refractivity contribution in [3.8, 4) is 0 Å². The van der Waals surface area contributed by atoms with Gasteiger partial charge in [0.15, 0.2) is 0 Å². The quantitative estimate of drug-likeness (QED) is 0.895. The van der Waals surface area contributed by atoms with E-state index in [2.05, 4.69) is 10.4 Å². The third-order valence-corrected chi connectivity index (χ3v) is 3.26. The van der Waals surface area contributed by atoms with E-state index in [-0.39, 0.29) is 17.7 Å². The molecule has 110 valence electrons. The van der Waals surface area contributed by atoms with Gasteiger partial charge in [0.05, 0.1) is 23.4 Å². The van der Waals surface area contributed by atoms with Crippen LogP contribution in [0.25, 0.3) is 0 Å². The van der Waals surface area contributed by atoms with Gasteiger partial charge < -0.3 is 10.4 Å². The first-order valence-corrected chi connectivity index (χ1v) is 6.50. The first-order valence-electron chi connectivity index (χ1n) is 6.50. The van der Waals surface area contributed by atoms with Gasteiger partial charge in [0.2, 0.25) is 0 Å². The zero-order valence-corrected chi connectivity index (χ0v) is 12.2. The Hall–Kier alpha value is -2.63. The lowest BCUT2D eigenvalue weighted by Crippen LogP contribution is -2.26. The smallest absolute Gasteiger partial charge is 0.336 e. The van der Waals surface area contributed by atoms with E-state index in [0.29, 0.717) is 16.8 Å².